The van der Waals surface area contributed by atoms with Crippen LogP contribution in [0.5, 0.6) is 5.75 Å². The third-order valence-electron chi connectivity index (χ3n) is 6.36. The van der Waals surface area contributed by atoms with Crippen LogP contribution in [-0.2, 0) is 20.7 Å². The van der Waals surface area contributed by atoms with Gasteiger partial charge in [0, 0.05) is 18.9 Å². The predicted octanol–water partition coefficient (Wildman–Crippen LogP) is 6.56. The van der Waals surface area contributed by atoms with E-state index in [0.717, 1.165) is 30.6 Å². The molecule has 0 saturated carbocycles. The van der Waals surface area contributed by atoms with Crippen LogP contribution in [0.4, 0.5) is 0 Å². The summed E-state index contributed by atoms with van der Waals surface area (Å²) in [5, 5.41) is 0. The number of esters is 1. The summed E-state index contributed by atoms with van der Waals surface area (Å²) in [6, 6.07) is 25.3. The van der Waals surface area contributed by atoms with E-state index in [1.54, 1.807) is 0 Å². The van der Waals surface area contributed by atoms with Crippen molar-refractivity contribution in [3.05, 3.63) is 89.5 Å². The quantitative estimate of drug-likeness (QED) is 0.228. The predicted molar refractivity (Wildman–Crippen MR) is 135 cm³/mol. The van der Waals surface area contributed by atoms with Gasteiger partial charge in [0.15, 0.2) is 6.10 Å². The van der Waals surface area contributed by atoms with Gasteiger partial charge in [0.25, 0.3) is 0 Å². The Morgan fingerprint density at radius 2 is 1.50 bits per heavy atom. The topological polar surface area (TPSA) is 44.8 Å². The maximum atomic E-state index is 12.3. The van der Waals surface area contributed by atoms with Crippen LogP contribution in [0, 0.1) is 0 Å². The van der Waals surface area contributed by atoms with Crippen molar-refractivity contribution >= 4 is 5.97 Å². The van der Waals surface area contributed by atoms with Crippen LogP contribution in [-0.4, -0.2) is 31.9 Å². The minimum absolute atomic E-state index is 0.284. The number of carbonyl (C=O) groups excluding carboxylic acids is 1. The van der Waals surface area contributed by atoms with Gasteiger partial charge >= 0.3 is 5.97 Å². The molecule has 34 heavy (non-hydrogen) atoms. The Hall–Kier alpha value is -3.11. The molecule has 0 spiro atoms. The normalized spacial score (nSPS) is 13.2. The van der Waals surface area contributed by atoms with Gasteiger partial charge in [0.2, 0.25) is 0 Å². The molecule has 3 aromatic rings. The molecule has 0 bridgehead atoms. The van der Waals surface area contributed by atoms with Crippen LogP contribution < -0.4 is 4.74 Å². The average molecular weight is 459 g/mol. The standard InChI is InChI=1S/C30H34O4/c1-3-5-19-34-30(31)29(32-4-2)21-22-14-16-23(17-15-22)33-20-18-28-26-12-8-6-10-24(26)25-11-7-9-13-27(25)28/h6-17,28-29H,3-5,18-21H2,1-2H3. The number of carbonyl (C=O) groups is 1. The molecular weight excluding hydrogens is 424 g/mol. The molecule has 0 saturated heterocycles. The van der Waals surface area contributed by atoms with E-state index in [9.17, 15) is 4.79 Å². The van der Waals surface area contributed by atoms with Crippen molar-refractivity contribution in [2.24, 2.45) is 0 Å². The summed E-state index contributed by atoms with van der Waals surface area (Å²) < 4.78 is 17.1. The summed E-state index contributed by atoms with van der Waals surface area (Å²) in [5.74, 6) is 0.909. The molecule has 0 fully saturated rings. The number of ether oxygens (including phenoxy) is 3. The number of unbranched alkanes of at least 4 members (excludes halogenated alkanes) is 1. The molecule has 178 valence electrons. The molecule has 4 nitrogen and oxygen atoms in total. The monoisotopic (exact) mass is 458 g/mol. The minimum Gasteiger partial charge on any atom is -0.494 e. The van der Waals surface area contributed by atoms with Gasteiger partial charge in [-0.1, -0.05) is 74.0 Å². The zero-order valence-electron chi connectivity index (χ0n) is 20.2. The van der Waals surface area contributed by atoms with Crippen LogP contribution in [0.25, 0.3) is 11.1 Å². The van der Waals surface area contributed by atoms with Crippen molar-refractivity contribution in [2.45, 2.75) is 51.6 Å². The van der Waals surface area contributed by atoms with E-state index in [-0.39, 0.29) is 5.97 Å². The summed E-state index contributed by atoms with van der Waals surface area (Å²) >= 11 is 0. The summed E-state index contributed by atoms with van der Waals surface area (Å²) in [6.45, 7) is 5.52. The second kappa shape index (κ2) is 11.8. The number of benzene rings is 3. The molecule has 1 aliphatic carbocycles. The van der Waals surface area contributed by atoms with Crippen molar-refractivity contribution in [1.29, 1.82) is 0 Å². The second-order valence-electron chi connectivity index (χ2n) is 8.68. The van der Waals surface area contributed by atoms with Gasteiger partial charge in [0.05, 0.1) is 13.2 Å². The van der Waals surface area contributed by atoms with Crippen LogP contribution in [0.2, 0.25) is 0 Å². The number of hydrogen-bond donors (Lipinski definition) is 0. The van der Waals surface area contributed by atoms with Crippen LogP contribution in [0.15, 0.2) is 72.8 Å². The Morgan fingerprint density at radius 3 is 2.12 bits per heavy atom. The van der Waals surface area contributed by atoms with E-state index in [4.69, 9.17) is 14.2 Å². The van der Waals surface area contributed by atoms with Crippen molar-refractivity contribution in [1.82, 2.24) is 0 Å². The molecular formula is C30H34O4. The number of fused-ring (bicyclic) bond motifs is 3. The Bertz CT molecular complexity index is 1030. The van der Waals surface area contributed by atoms with Gasteiger partial charge < -0.3 is 14.2 Å². The summed E-state index contributed by atoms with van der Waals surface area (Å²) in [6.07, 6.45) is 2.71. The second-order valence-corrected chi connectivity index (χ2v) is 8.68. The summed E-state index contributed by atoms with van der Waals surface area (Å²) in [4.78, 5) is 12.3. The lowest BCUT2D eigenvalue weighted by Crippen LogP contribution is -2.29. The maximum absolute atomic E-state index is 12.3. The van der Waals surface area contributed by atoms with Gasteiger partial charge in [-0.25, -0.2) is 4.79 Å². The highest BCUT2D eigenvalue weighted by molar-refractivity contribution is 5.78. The Balaban J connectivity index is 1.32. The summed E-state index contributed by atoms with van der Waals surface area (Å²) in [7, 11) is 0. The van der Waals surface area contributed by atoms with Gasteiger partial charge in [-0.05, 0) is 59.7 Å². The Labute approximate surface area is 202 Å². The van der Waals surface area contributed by atoms with Crippen molar-refractivity contribution in [2.75, 3.05) is 19.8 Å². The van der Waals surface area contributed by atoms with Crippen LogP contribution >= 0.6 is 0 Å². The fourth-order valence-corrected chi connectivity index (χ4v) is 4.62. The molecule has 0 radical (unpaired) electrons. The molecule has 0 N–H and O–H groups in total. The fraction of sp³-hybridized carbons (Fsp3) is 0.367. The highest BCUT2D eigenvalue weighted by atomic mass is 16.6. The van der Waals surface area contributed by atoms with Gasteiger partial charge in [-0.2, -0.15) is 0 Å². The van der Waals surface area contributed by atoms with Gasteiger partial charge in [-0.15, -0.1) is 0 Å². The van der Waals surface area contributed by atoms with E-state index in [2.05, 4.69) is 55.5 Å². The number of rotatable bonds is 12. The lowest BCUT2D eigenvalue weighted by Gasteiger charge is -2.17. The average Bonchev–Trinajstić information content (AvgIpc) is 3.19. The molecule has 0 amide bonds. The molecule has 3 aromatic carbocycles. The minimum atomic E-state index is -0.573. The molecule has 0 aromatic heterocycles. The first-order valence-corrected chi connectivity index (χ1v) is 12.4. The van der Waals surface area contributed by atoms with E-state index in [0.29, 0.717) is 32.2 Å². The van der Waals surface area contributed by atoms with E-state index in [1.165, 1.54) is 22.3 Å². The zero-order chi connectivity index (χ0) is 23.8. The molecule has 1 unspecified atom stereocenters. The van der Waals surface area contributed by atoms with Crippen molar-refractivity contribution < 1.29 is 19.0 Å². The molecule has 4 heteroatoms. The molecule has 1 atom stereocenters. The summed E-state index contributed by atoms with van der Waals surface area (Å²) in [5.41, 5.74) is 6.47. The first kappa shape index (κ1) is 24.0. The van der Waals surface area contributed by atoms with Crippen LogP contribution in [0.3, 0.4) is 0 Å². The third-order valence-corrected chi connectivity index (χ3v) is 6.36. The van der Waals surface area contributed by atoms with Crippen molar-refractivity contribution in [3.63, 3.8) is 0 Å². The van der Waals surface area contributed by atoms with Gasteiger partial charge in [0.1, 0.15) is 5.75 Å². The lowest BCUT2D eigenvalue weighted by atomic mass is 9.94. The Kier molecular flexibility index (Phi) is 8.37. The van der Waals surface area contributed by atoms with E-state index < -0.39 is 6.10 Å². The molecule has 4 rings (SSSR count). The van der Waals surface area contributed by atoms with Crippen LogP contribution in [0.1, 0.15) is 55.7 Å². The molecule has 0 heterocycles. The maximum Gasteiger partial charge on any atom is 0.335 e. The Morgan fingerprint density at radius 1 is 0.853 bits per heavy atom. The van der Waals surface area contributed by atoms with E-state index >= 15 is 0 Å². The van der Waals surface area contributed by atoms with Gasteiger partial charge in [-0.3, -0.25) is 0 Å². The lowest BCUT2D eigenvalue weighted by molar-refractivity contribution is -0.157. The SMILES string of the molecule is CCCCOC(=O)C(Cc1ccc(OCCC2c3ccccc3-c3ccccc32)cc1)OCC. The zero-order valence-corrected chi connectivity index (χ0v) is 20.2. The van der Waals surface area contributed by atoms with Crippen molar-refractivity contribution in [3.8, 4) is 16.9 Å². The number of hydrogen-bond acceptors (Lipinski definition) is 4. The van der Waals surface area contributed by atoms with E-state index in [1.807, 2.05) is 31.2 Å². The highest BCUT2D eigenvalue weighted by Gasteiger charge is 2.27. The third kappa shape index (κ3) is 5.68. The fourth-order valence-electron chi connectivity index (χ4n) is 4.62. The smallest absolute Gasteiger partial charge is 0.335 e. The largest absolute Gasteiger partial charge is 0.494 e. The first-order chi connectivity index (χ1) is 16.7. The highest BCUT2D eigenvalue weighted by Crippen LogP contribution is 2.45. The molecule has 1 aliphatic rings. The first-order valence-electron chi connectivity index (χ1n) is 12.4. The molecule has 0 aliphatic heterocycles.